The van der Waals surface area contributed by atoms with Gasteiger partial charge in [0.05, 0.1) is 4.90 Å². The van der Waals surface area contributed by atoms with E-state index in [1.807, 2.05) is 12.1 Å². The summed E-state index contributed by atoms with van der Waals surface area (Å²) in [5, 5.41) is 12.3. The normalized spacial score (nSPS) is 15.3. The van der Waals surface area contributed by atoms with Crippen LogP contribution in [0.4, 0.5) is 5.82 Å². The summed E-state index contributed by atoms with van der Waals surface area (Å²) in [6, 6.07) is 9.81. The van der Waals surface area contributed by atoms with Crippen molar-refractivity contribution in [2.45, 2.75) is 4.90 Å². The molecule has 4 rings (SSSR count). The summed E-state index contributed by atoms with van der Waals surface area (Å²) < 4.78 is 27.1. The largest absolute Gasteiger partial charge is 0.352 e. The fourth-order valence-electron chi connectivity index (χ4n) is 3.19. The highest BCUT2D eigenvalue weighted by Crippen LogP contribution is 2.18. The van der Waals surface area contributed by atoms with Gasteiger partial charge < -0.3 is 9.80 Å². The molecule has 0 atom stereocenters. The molecule has 1 amide bonds. The molecule has 1 aromatic carbocycles. The first-order valence-electron chi connectivity index (χ1n) is 9.10. The summed E-state index contributed by atoms with van der Waals surface area (Å²) in [6.07, 6.45) is 1.55. The maximum Gasteiger partial charge on any atom is 0.253 e. The number of carbonyl (C=O) groups is 1. The lowest BCUT2D eigenvalue weighted by molar-refractivity contribution is 0.0746. The lowest BCUT2D eigenvalue weighted by Crippen LogP contribution is -2.49. The minimum atomic E-state index is -3.51. The molecular formula is C18H21N7O3S. The van der Waals surface area contributed by atoms with Gasteiger partial charge in [0.2, 0.25) is 10.0 Å². The first-order valence-corrected chi connectivity index (χ1v) is 10.5. The molecule has 0 N–H and O–H groups in total. The Morgan fingerprint density at radius 1 is 1.00 bits per heavy atom. The van der Waals surface area contributed by atoms with Gasteiger partial charge in [0.1, 0.15) is 12.1 Å². The summed E-state index contributed by atoms with van der Waals surface area (Å²) >= 11 is 0. The van der Waals surface area contributed by atoms with Crippen LogP contribution in [0.1, 0.15) is 10.4 Å². The Morgan fingerprint density at radius 2 is 1.69 bits per heavy atom. The van der Waals surface area contributed by atoms with E-state index in [1.54, 1.807) is 27.9 Å². The van der Waals surface area contributed by atoms with Crippen molar-refractivity contribution in [2.75, 3.05) is 45.2 Å². The van der Waals surface area contributed by atoms with Crippen molar-refractivity contribution in [1.29, 1.82) is 0 Å². The average Bonchev–Trinajstić information content (AvgIpc) is 3.21. The third-order valence-corrected chi connectivity index (χ3v) is 6.75. The van der Waals surface area contributed by atoms with Crippen molar-refractivity contribution in [3.05, 3.63) is 48.3 Å². The molecule has 3 heterocycles. The van der Waals surface area contributed by atoms with E-state index in [1.165, 1.54) is 26.2 Å². The number of hydrogen-bond acceptors (Lipinski definition) is 7. The van der Waals surface area contributed by atoms with Crippen molar-refractivity contribution in [3.8, 4) is 0 Å². The summed E-state index contributed by atoms with van der Waals surface area (Å²) in [4.78, 5) is 16.8. The number of rotatable bonds is 4. The van der Waals surface area contributed by atoms with E-state index in [2.05, 4.69) is 20.2 Å². The number of anilines is 1. The number of sulfonamides is 1. The van der Waals surface area contributed by atoms with Crippen LogP contribution in [-0.2, 0) is 10.0 Å². The quantitative estimate of drug-likeness (QED) is 0.605. The molecule has 0 radical (unpaired) electrons. The first-order chi connectivity index (χ1) is 13.9. The average molecular weight is 415 g/mol. The summed E-state index contributed by atoms with van der Waals surface area (Å²) in [5.74, 6) is 0.698. The molecule has 0 saturated carbocycles. The topological polar surface area (TPSA) is 104 Å². The lowest BCUT2D eigenvalue weighted by atomic mass is 10.2. The second kappa shape index (κ2) is 7.41. The second-order valence-corrected chi connectivity index (χ2v) is 9.07. The molecule has 2 aromatic heterocycles. The van der Waals surface area contributed by atoms with E-state index in [-0.39, 0.29) is 10.8 Å². The Bertz CT molecular complexity index is 1130. The van der Waals surface area contributed by atoms with E-state index >= 15 is 0 Å². The highest BCUT2D eigenvalue weighted by Gasteiger charge is 2.24. The highest BCUT2D eigenvalue weighted by molar-refractivity contribution is 7.89. The van der Waals surface area contributed by atoms with Gasteiger partial charge in [-0.05, 0) is 36.4 Å². The molecule has 10 nitrogen and oxygen atoms in total. The predicted octanol–water partition coefficient (Wildman–Crippen LogP) is 0.337. The zero-order valence-corrected chi connectivity index (χ0v) is 16.9. The van der Waals surface area contributed by atoms with E-state index in [4.69, 9.17) is 0 Å². The van der Waals surface area contributed by atoms with Gasteiger partial charge in [-0.1, -0.05) is 0 Å². The van der Waals surface area contributed by atoms with E-state index in [0.29, 0.717) is 37.4 Å². The Morgan fingerprint density at radius 3 is 2.34 bits per heavy atom. The zero-order chi connectivity index (χ0) is 20.6. The van der Waals surface area contributed by atoms with Crippen LogP contribution in [0.5, 0.6) is 0 Å². The highest BCUT2D eigenvalue weighted by atomic mass is 32.2. The van der Waals surface area contributed by atoms with E-state index in [9.17, 15) is 13.2 Å². The maximum absolute atomic E-state index is 12.8. The van der Waals surface area contributed by atoms with Crippen LogP contribution in [0, 0.1) is 0 Å². The fraction of sp³-hybridized carbons (Fsp3) is 0.333. The Balaban J connectivity index is 1.42. The number of fused-ring (bicyclic) bond motifs is 1. The van der Waals surface area contributed by atoms with Gasteiger partial charge in [-0.15, -0.1) is 15.3 Å². The van der Waals surface area contributed by atoms with Crippen LogP contribution in [0.25, 0.3) is 5.65 Å². The van der Waals surface area contributed by atoms with Crippen molar-refractivity contribution >= 4 is 27.4 Å². The monoisotopic (exact) mass is 415 g/mol. The minimum absolute atomic E-state index is 0.110. The number of hydrogen-bond donors (Lipinski definition) is 0. The molecule has 1 aliphatic rings. The molecule has 1 aliphatic heterocycles. The Labute approximate surface area is 168 Å². The van der Waals surface area contributed by atoms with Gasteiger partial charge in [-0.2, -0.15) is 4.52 Å². The Kier molecular flexibility index (Phi) is 4.92. The molecule has 0 aliphatic carbocycles. The van der Waals surface area contributed by atoms with Crippen LogP contribution in [-0.4, -0.2) is 83.6 Å². The third-order valence-electron chi connectivity index (χ3n) is 4.92. The standard InChI is InChI=1S/C18H21N7O3S/c1-22(2)29(27,28)15-5-3-14(4-6-15)18(26)24-11-9-23(10-12-24)17-8-7-16-20-19-13-25(16)21-17/h3-8,13H,9-12H2,1-2H3. The molecule has 1 fully saturated rings. The minimum Gasteiger partial charge on any atom is -0.352 e. The van der Waals surface area contributed by atoms with Crippen molar-refractivity contribution in [1.82, 2.24) is 29.0 Å². The smallest absolute Gasteiger partial charge is 0.253 e. The number of carbonyl (C=O) groups excluding carboxylic acids is 1. The van der Waals surface area contributed by atoms with Crippen molar-refractivity contribution in [2.24, 2.45) is 0 Å². The zero-order valence-electron chi connectivity index (χ0n) is 16.1. The van der Waals surface area contributed by atoms with Crippen LogP contribution < -0.4 is 4.90 Å². The van der Waals surface area contributed by atoms with Crippen molar-refractivity contribution in [3.63, 3.8) is 0 Å². The van der Waals surface area contributed by atoms with Gasteiger partial charge >= 0.3 is 0 Å². The molecule has 3 aromatic rings. The van der Waals surface area contributed by atoms with E-state index < -0.39 is 10.0 Å². The molecular weight excluding hydrogens is 394 g/mol. The lowest BCUT2D eigenvalue weighted by Gasteiger charge is -2.35. The van der Waals surface area contributed by atoms with Crippen LogP contribution in [0.3, 0.4) is 0 Å². The van der Waals surface area contributed by atoms with Gasteiger partial charge in [-0.25, -0.2) is 12.7 Å². The third kappa shape index (κ3) is 3.66. The number of aromatic nitrogens is 4. The number of piperazine rings is 1. The number of benzene rings is 1. The molecule has 1 saturated heterocycles. The van der Waals surface area contributed by atoms with Gasteiger partial charge in [0.15, 0.2) is 5.65 Å². The molecule has 0 bridgehead atoms. The summed E-state index contributed by atoms with van der Waals surface area (Å²) in [7, 11) is -0.558. The molecule has 0 unspecified atom stereocenters. The molecule has 152 valence electrons. The number of nitrogens with zero attached hydrogens (tertiary/aromatic N) is 7. The Hall–Kier alpha value is -3.05. The molecule has 11 heteroatoms. The summed E-state index contributed by atoms with van der Waals surface area (Å²) in [5.41, 5.74) is 1.16. The number of amides is 1. The van der Waals surface area contributed by atoms with Gasteiger partial charge in [0.25, 0.3) is 5.91 Å². The maximum atomic E-state index is 12.8. The van der Waals surface area contributed by atoms with E-state index in [0.717, 1.165) is 10.1 Å². The predicted molar refractivity (Wildman–Crippen MR) is 106 cm³/mol. The van der Waals surface area contributed by atoms with Crippen molar-refractivity contribution < 1.29 is 13.2 Å². The van der Waals surface area contributed by atoms with Gasteiger partial charge in [-0.3, -0.25) is 4.79 Å². The fourth-order valence-corrected chi connectivity index (χ4v) is 4.09. The molecule has 0 spiro atoms. The SMILES string of the molecule is CN(C)S(=O)(=O)c1ccc(C(=O)N2CCN(c3ccc4nncn4n3)CC2)cc1. The van der Waals surface area contributed by atoms with Crippen LogP contribution in [0.15, 0.2) is 47.6 Å². The van der Waals surface area contributed by atoms with Gasteiger partial charge in [0, 0.05) is 45.8 Å². The van der Waals surface area contributed by atoms with Crippen LogP contribution >= 0.6 is 0 Å². The second-order valence-electron chi connectivity index (χ2n) is 6.92. The van der Waals surface area contributed by atoms with Crippen LogP contribution in [0.2, 0.25) is 0 Å². The molecule has 29 heavy (non-hydrogen) atoms. The first kappa shape index (κ1) is 19.3. The summed E-state index contributed by atoms with van der Waals surface area (Å²) in [6.45, 7) is 2.41.